The van der Waals surface area contributed by atoms with Gasteiger partial charge in [-0.2, -0.15) is 11.8 Å². The van der Waals surface area contributed by atoms with Crippen LogP contribution in [-0.2, 0) is 22.7 Å². The van der Waals surface area contributed by atoms with Crippen LogP contribution in [0.1, 0.15) is 194 Å². The van der Waals surface area contributed by atoms with Gasteiger partial charge in [0.2, 0.25) is 0 Å². The first-order valence-corrected chi connectivity index (χ1v) is 25.8. The Morgan fingerprint density at radius 1 is 0.588 bits per heavy atom. The smallest absolute Gasteiger partial charge is 0.328 e. The van der Waals surface area contributed by atoms with Gasteiger partial charge in [0, 0.05) is 11.9 Å². The van der Waals surface area contributed by atoms with Gasteiger partial charge in [-0.15, -0.1) is 0 Å². The lowest BCUT2D eigenvalue weighted by Crippen LogP contribution is -2.37. The summed E-state index contributed by atoms with van der Waals surface area (Å²) >= 11 is 1.63. The van der Waals surface area contributed by atoms with Gasteiger partial charge in [0.1, 0.15) is 13.2 Å². The van der Waals surface area contributed by atoms with E-state index in [9.17, 15) is 18.9 Å². The van der Waals surface area contributed by atoms with E-state index in [4.69, 9.17) is 13.6 Å². The van der Waals surface area contributed by atoms with E-state index in [2.05, 4.69) is 13.8 Å². The number of nitrogens with zero attached hydrogens (tertiary/aromatic N) is 1. The quantitative estimate of drug-likeness (QED) is 0.0371. The minimum atomic E-state index is -4.55. The Balaban J connectivity index is 4.35. The fourth-order valence-corrected chi connectivity index (χ4v) is 9.31. The zero-order chi connectivity index (χ0) is 37.9. The summed E-state index contributed by atoms with van der Waals surface area (Å²) in [4.78, 5) is 23.1. The standard InChI is InChI=1S/C40H85NO7P2S/c1-6-8-10-12-14-16-18-20-22-24-26-28-30-32-36-49(42,43)48-40(38-47-50(44,45)46-35-34-41(3,4)5)39-51-37-33-31-29-27-25-23-21-19-17-15-13-11-9-7-2/h40H,6-39H2,1-5H3,(H-,42,43,44,45)/t40-/m0/s1. The molecule has 0 heterocycles. The molecule has 0 aliphatic rings. The van der Waals surface area contributed by atoms with Crippen LogP contribution in [0.2, 0.25) is 0 Å². The van der Waals surface area contributed by atoms with Gasteiger partial charge in [-0.1, -0.05) is 181 Å². The van der Waals surface area contributed by atoms with Crippen molar-refractivity contribution in [2.45, 2.75) is 200 Å². The van der Waals surface area contributed by atoms with E-state index in [1.165, 1.54) is 148 Å². The first-order valence-electron chi connectivity index (χ1n) is 21.4. The van der Waals surface area contributed by atoms with Crippen LogP contribution in [0.4, 0.5) is 0 Å². The summed E-state index contributed by atoms with van der Waals surface area (Å²) in [5, 5.41) is 0. The monoisotopic (exact) mass is 786 g/mol. The summed E-state index contributed by atoms with van der Waals surface area (Å²) in [6, 6.07) is 0. The molecule has 0 rings (SSSR count). The number of phosphoric acid groups is 1. The van der Waals surface area contributed by atoms with Gasteiger partial charge in [0.15, 0.2) is 0 Å². The molecule has 51 heavy (non-hydrogen) atoms. The maximum absolute atomic E-state index is 13.0. The Morgan fingerprint density at radius 3 is 1.35 bits per heavy atom. The molecule has 0 spiro atoms. The normalized spacial score (nSPS) is 15.2. The van der Waals surface area contributed by atoms with E-state index in [1.807, 2.05) is 21.1 Å². The molecule has 0 radical (unpaired) electrons. The average Bonchev–Trinajstić information content (AvgIpc) is 3.06. The molecule has 0 aromatic heterocycles. The summed E-state index contributed by atoms with van der Waals surface area (Å²) in [6.45, 7) is 4.73. The summed E-state index contributed by atoms with van der Waals surface area (Å²) in [7, 11) is -2.56. The largest absolute Gasteiger partial charge is 0.756 e. The molecule has 3 atom stereocenters. The van der Waals surface area contributed by atoms with Crippen LogP contribution in [0.5, 0.6) is 0 Å². The fourth-order valence-electron chi connectivity index (χ4n) is 6.15. The molecule has 0 saturated carbocycles. The molecular formula is C40H85NO7P2S. The van der Waals surface area contributed by atoms with Gasteiger partial charge < -0.3 is 27.8 Å². The first kappa shape index (κ1) is 51.6. The number of phosphoric ester groups is 1. The highest BCUT2D eigenvalue weighted by Crippen LogP contribution is 2.46. The fraction of sp³-hybridized carbons (Fsp3) is 1.00. The molecule has 0 aromatic carbocycles. The molecule has 11 heteroatoms. The van der Waals surface area contributed by atoms with Crippen LogP contribution in [-0.4, -0.2) is 74.0 Å². The number of hydrogen-bond donors (Lipinski definition) is 1. The second-order valence-electron chi connectivity index (χ2n) is 15.9. The lowest BCUT2D eigenvalue weighted by atomic mass is 10.0. The molecule has 0 saturated heterocycles. The second-order valence-corrected chi connectivity index (χ2v) is 20.4. The first-order chi connectivity index (χ1) is 24.4. The van der Waals surface area contributed by atoms with Gasteiger partial charge in [0.05, 0.1) is 33.9 Å². The second kappa shape index (κ2) is 35.0. The van der Waals surface area contributed by atoms with Crippen molar-refractivity contribution in [1.29, 1.82) is 0 Å². The highest BCUT2D eigenvalue weighted by atomic mass is 32.2. The molecular weight excluding hydrogens is 700 g/mol. The number of unbranched alkanes of at least 4 members (excludes halogenated alkanes) is 26. The van der Waals surface area contributed by atoms with Crippen molar-refractivity contribution >= 4 is 27.2 Å². The van der Waals surface area contributed by atoms with E-state index >= 15 is 0 Å². The molecule has 2 unspecified atom stereocenters. The van der Waals surface area contributed by atoms with E-state index in [0.717, 1.165) is 31.4 Å². The molecule has 0 fully saturated rings. The third-order valence-corrected chi connectivity index (χ3v) is 13.1. The lowest BCUT2D eigenvalue weighted by Gasteiger charge is -2.29. The van der Waals surface area contributed by atoms with E-state index in [0.29, 0.717) is 23.2 Å². The molecule has 8 nitrogen and oxygen atoms in total. The zero-order valence-corrected chi connectivity index (χ0v) is 36.9. The minimum Gasteiger partial charge on any atom is -0.756 e. The van der Waals surface area contributed by atoms with Gasteiger partial charge >= 0.3 is 7.60 Å². The zero-order valence-electron chi connectivity index (χ0n) is 34.3. The van der Waals surface area contributed by atoms with Crippen LogP contribution in [0.15, 0.2) is 0 Å². The average molecular weight is 786 g/mol. The van der Waals surface area contributed by atoms with E-state index in [1.54, 1.807) is 11.8 Å². The Labute approximate surface area is 321 Å². The molecule has 0 aliphatic carbocycles. The van der Waals surface area contributed by atoms with Crippen LogP contribution < -0.4 is 4.89 Å². The van der Waals surface area contributed by atoms with Crippen molar-refractivity contribution in [2.75, 3.05) is 58.6 Å². The predicted octanol–water partition coefficient (Wildman–Crippen LogP) is 12.5. The number of thioether (sulfide) groups is 1. The van der Waals surface area contributed by atoms with E-state index in [-0.39, 0.29) is 19.4 Å². The minimum absolute atomic E-state index is 0.0152. The van der Waals surface area contributed by atoms with Gasteiger partial charge in [-0.25, -0.2) is 0 Å². The van der Waals surface area contributed by atoms with E-state index < -0.39 is 21.5 Å². The summed E-state index contributed by atoms with van der Waals surface area (Å²) in [6.07, 6.45) is 34.7. The lowest BCUT2D eigenvalue weighted by molar-refractivity contribution is -0.870. The SMILES string of the molecule is CCCCCCCCCCCCCCCCSC[C@H](COP(=O)([O-])OCC[N+](C)(C)C)OP(=O)(O)CCCCCCCCCCCCCCCC. The number of quaternary nitrogens is 1. The molecule has 1 N–H and O–H groups in total. The maximum atomic E-state index is 13.0. The topological polar surface area (TPSA) is 105 Å². The van der Waals surface area contributed by atoms with Crippen molar-refractivity contribution in [3.63, 3.8) is 0 Å². The summed E-state index contributed by atoms with van der Waals surface area (Å²) in [5.74, 6) is 1.31. The van der Waals surface area contributed by atoms with Crippen molar-refractivity contribution in [1.82, 2.24) is 0 Å². The number of likely N-dealkylation sites (N-methyl/N-ethyl adjacent to an activating group) is 1. The number of hydrogen-bond acceptors (Lipinski definition) is 7. The van der Waals surface area contributed by atoms with Crippen LogP contribution in [0, 0.1) is 0 Å². The van der Waals surface area contributed by atoms with Gasteiger partial charge in [-0.3, -0.25) is 9.13 Å². The van der Waals surface area contributed by atoms with Gasteiger partial charge in [-0.05, 0) is 18.6 Å². The summed E-state index contributed by atoms with van der Waals surface area (Å²) < 4.78 is 41.9. The third kappa shape index (κ3) is 40.1. The van der Waals surface area contributed by atoms with Crippen molar-refractivity contribution in [3.05, 3.63) is 0 Å². The van der Waals surface area contributed by atoms with Crippen LogP contribution >= 0.6 is 27.2 Å². The molecule has 0 aromatic rings. The highest BCUT2D eigenvalue weighted by Gasteiger charge is 2.26. The number of rotatable bonds is 41. The van der Waals surface area contributed by atoms with Gasteiger partial charge in [0.25, 0.3) is 7.82 Å². The Morgan fingerprint density at radius 2 is 0.961 bits per heavy atom. The molecule has 0 aliphatic heterocycles. The Hall–Kier alpha value is 0.570. The summed E-state index contributed by atoms with van der Waals surface area (Å²) in [5.41, 5.74) is 0. The highest BCUT2D eigenvalue weighted by molar-refractivity contribution is 7.99. The third-order valence-electron chi connectivity index (χ3n) is 9.48. The van der Waals surface area contributed by atoms with Crippen molar-refractivity contribution < 1.29 is 37.0 Å². The Kier molecular flexibility index (Phi) is 35.4. The molecule has 308 valence electrons. The maximum Gasteiger partial charge on any atom is 0.328 e. The van der Waals surface area contributed by atoms with Crippen LogP contribution in [0.3, 0.4) is 0 Å². The Bertz CT molecular complexity index is 846. The molecule has 0 bridgehead atoms. The van der Waals surface area contributed by atoms with Crippen molar-refractivity contribution in [2.24, 2.45) is 0 Å². The predicted molar refractivity (Wildman–Crippen MR) is 220 cm³/mol. The van der Waals surface area contributed by atoms with Crippen LogP contribution in [0.25, 0.3) is 0 Å². The van der Waals surface area contributed by atoms with Crippen molar-refractivity contribution in [3.8, 4) is 0 Å². The molecule has 0 amide bonds.